The highest BCUT2D eigenvalue weighted by atomic mass is 79.9. The van der Waals surface area contributed by atoms with E-state index in [4.69, 9.17) is 0 Å². The van der Waals surface area contributed by atoms with Gasteiger partial charge < -0.3 is 5.32 Å². The lowest BCUT2D eigenvalue weighted by atomic mass is 10.1. The highest BCUT2D eigenvalue weighted by molar-refractivity contribution is 9.10. The lowest BCUT2D eigenvalue weighted by molar-refractivity contribution is -0.120. The van der Waals surface area contributed by atoms with Gasteiger partial charge in [0.25, 0.3) is 0 Å². The summed E-state index contributed by atoms with van der Waals surface area (Å²) in [7, 11) is 0. The first-order valence-corrected chi connectivity index (χ1v) is 5.63. The molecule has 1 aromatic rings. The van der Waals surface area contributed by atoms with Gasteiger partial charge in [-0.05, 0) is 31.0 Å². The van der Waals surface area contributed by atoms with E-state index in [0.29, 0.717) is 29.4 Å². The Kier molecular flexibility index (Phi) is 4.75. The first-order valence-electron chi connectivity index (χ1n) is 4.84. The maximum absolute atomic E-state index is 13.3. The summed E-state index contributed by atoms with van der Waals surface area (Å²) in [4.78, 5) is 11.2. The van der Waals surface area contributed by atoms with Crippen LogP contribution in [0, 0.1) is 5.82 Å². The Morgan fingerprint density at radius 3 is 2.87 bits per heavy atom. The third-order valence-corrected chi connectivity index (χ3v) is 2.50. The zero-order valence-electron chi connectivity index (χ0n) is 8.52. The Bertz CT molecular complexity index is 354. The number of carbonyl (C=O) groups is 1. The molecule has 0 saturated heterocycles. The minimum Gasteiger partial charge on any atom is -0.356 e. The van der Waals surface area contributed by atoms with Crippen molar-refractivity contribution in [2.45, 2.75) is 19.8 Å². The third kappa shape index (κ3) is 4.00. The van der Waals surface area contributed by atoms with Gasteiger partial charge in [0.2, 0.25) is 5.91 Å². The molecule has 82 valence electrons. The summed E-state index contributed by atoms with van der Waals surface area (Å²) in [5, 5.41) is 2.68. The van der Waals surface area contributed by atoms with Crippen LogP contribution in [0.4, 0.5) is 4.39 Å². The van der Waals surface area contributed by atoms with Crippen molar-refractivity contribution in [1.82, 2.24) is 5.32 Å². The second-order valence-electron chi connectivity index (χ2n) is 3.19. The molecule has 0 spiro atoms. The molecule has 1 rings (SSSR count). The van der Waals surface area contributed by atoms with Crippen LogP contribution >= 0.6 is 15.9 Å². The van der Waals surface area contributed by atoms with Gasteiger partial charge in [-0.3, -0.25) is 4.79 Å². The maximum atomic E-state index is 13.3. The van der Waals surface area contributed by atoms with E-state index in [0.717, 1.165) is 0 Å². The van der Waals surface area contributed by atoms with E-state index in [9.17, 15) is 9.18 Å². The van der Waals surface area contributed by atoms with E-state index in [1.807, 2.05) is 6.92 Å². The summed E-state index contributed by atoms with van der Waals surface area (Å²) < 4.78 is 14.0. The Morgan fingerprint density at radius 1 is 1.53 bits per heavy atom. The van der Waals surface area contributed by atoms with Crippen LogP contribution in [-0.2, 0) is 11.2 Å². The predicted molar refractivity (Wildman–Crippen MR) is 61.1 cm³/mol. The molecule has 0 radical (unpaired) electrons. The Balaban J connectivity index is 2.54. The number of nitrogens with one attached hydrogen (secondary N) is 1. The minimum atomic E-state index is -0.270. The van der Waals surface area contributed by atoms with Gasteiger partial charge in [-0.15, -0.1) is 0 Å². The molecule has 0 heterocycles. The number of halogens is 2. The number of hydrogen-bond donors (Lipinski definition) is 1. The highest BCUT2D eigenvalue weighted by Crippen LogP contribution is 2.16. The van der Waals surface area contributed by atoms with Gasteiger partial charge in [0.15, 0.2) is 0 Å². The van der Waals surface area contributed by atoms with Gasteiger partial charge in [0.1, 0.15) is 5.82 Å². The Morgan fingerprint density at radius 2 is 2.27 bits per heavy atom. The molecule has 0 atom stereocenters. The van der Waals surface area contributed by atoms with Gasteiger partial charge in [-0.25, -0.2) is 4.39 Å². The molecule has 1 N–H and O–H groups in total. The van der Waals surface area contributed by atoms with Gasteiger partial charge >= 0.3 is 0 Å². The number of aryl methyl sites for hydroxylation is 1. The first kappa shape index (κ1) is 12.2. The molecule has 1 amide bonds. The van der Waals surface area contributed by atoms with Crippen LogP contribution in [0.2, 0.25) is 0 Å². The van der Waals surface area contributed by atoms with Crippen LogP contribution in [-0.4, -0.2) is 12.5 Å². The summed E-state index contributed by atoms with van der Waals surface area (Å²) >= 11 is 3.18. The van der Waals surface area contributed by atoms with Gasteiger partial charge in [0.05, 0.1) is 0 Å². The number of benzene rings is 1. The number of amides is 1. The van der Waals surface area contributed by atoms with E-state index in [1.54, 1.807) is 12.1 Å². The monoisotopic (exact) mass is 273 g/mol. The molecule has 0 saturated carbocycles. The zero-order valence-corrected chi connectivity index (χ0v) is 10.1. The van der Waals surface area contributed by atoms with Crippen LogP contribution in [0.25, 0.3) is 0 Å². The van der Waals surface area contributed by atoms with E-state index in [1.165, 1.54) is 6.07 Å². The largest absolute Gasteiger partial charge is 0.356 e. The summed E-state index contributed by atoms with van der Waals surface area (Å²) in [6, 6.07) is 4.88. The van der Waals surface area contributed by atoms with Crippen LogP contribution in [0.5, 0.6) is 0 Å². The normalized spacial score (nSPS) is 10.1. The number of hydrogen-bond acceptors (Lipinski definition) is 1. The summed E-state index contributed by atoms with van der Waals surface area (Å²) in [5.74, 6) is -0.312. The second-order valence-corrected chi connectivity index (χ2v) is 4.10. The average Bonchev–Trinajstić information content (AvgIpc) is 2.17. The SMILES string of the molecule is CCNC(=O)CCc1ccc(Br)cc1F. The van der Waals surface area contributed by atoms with Crippen molar-refractivity contribution in [2.75, 3.05) is 6.54 Å². The van der Waals surface area contributed by atoms with E-state index >= 15 is 0 Å². The molecule has 0 aliphatic carbocycles. The van der Waals surface area contributed by atoms with Gasteiger partial charge in [-0.2, -0.15) is 0 Å². The number of rotatable bonds is 4. The second kappa shape index (κ2) is 5.85. The molecule has 15 heavy (non-hydrogen) atoms. The van der Waals surface area contributed by atoms with Crippen molar-refractivity contribution >= 4 is 21.8 Å². The van der Waals surface area contributed by atoms with Crippen LogP contribution in [0.1, 0.15) is 18.9 Å². The molecule has 4 heteroatoms. The van der Waals surface area contributed by atoms with Crippen LogP contribution in [0.15, 0.2) is 22.7 Å². The van der Waals surface area contributed by atoms with E-state index < -0.39 is 0 Å². The zero-order chi connectivity index (χ0) is 11.3. The lowest BCUT2D eigenvalue weighted by Crippen LogP contribution is -2.22. The third-order valence-electron chi connectivity index (χ3n) is 2.01. The summed E-state index contributed by atoms with van der Waals surface area (Å²) in [5.41, 5.74) is 0.574. The molecule has 1 aromatic carbocycles. The quantitative estimate of drug-likeness (QED) is 0.898. The van der Waals surface area contributed by atoms with Gasteiger partial charge in [0, 0.05) is 17.4 Å². The lowest BCUT2D eigenvalue weighted by Gasteiger charge is -2.04. The van der Waals surface area contributed by atoms with Crippen molar-refractivity contribution in [3.63, 3.8) is 0 Å². The van der Waals surface area contributed by atoms with Gasteiger partial charge in [-0.1, -0.05) is 22.0 Å². The molecule has 0 unspecified atom stereocenters. The Labute approximate surface area is 97.0 Å². The predicted octanol–water partition coefficient (Wildman–Crippen LogP) is 2.66. The molecule has 0 aromatic heterocycles. The van der Waals surface area contributed by atoms with Crippen molar-refractivity contribution in [1.29, 1.82) is 0 Å². The minimum absolute atomic E-state index is 0.0418. The molecular formula is C11H13BrFNO. The average molecular weight is 274 g/mol. The van der Waals surface area contributed by atoms with Crippen molar-refractivity contribution < 1.29 is 9.18 Å². The summed E-state index contributed by atoms with van der Waals surface area (Å²) in [6.07, 6.45) is 0.761. The molecule has 0 aliphatic rings. The smallest absolute Gasteiger partial charge is 0.220 e. The van der Waals surface area contributed by atoms with Crippen molar-refractivity contribution in [2.24, 2.45) is 0 Å². The fraction of sp³-hybridized carbons (Fsp3) is 0.364. The summed E-state index contributed by atoms with van der Waals surface area (Å²) in [6.45, 7) is 2.47. The fourth-order valence-electron chi connectivity index (χ4n) is 1.26. The molecule has 0 fully saturated rings. The topological polar surface area (TPSA) is 29.1 Å². The highest BCUT2D eigenvalue weighted by Gasteiger charge is 2.05. The molecule has 0 bridgehead atoms. The van der Waals surface area contributed by atoms with Crippen LogP contribution < -0.4 is 5.32 Å². The molecule has 2 nitrogen and oxygen atoms in total. The van der Waals surface area contributed by atoms with Crippen LogP contribution in [0.3, 0.4) is 0 Å². The first-order chi connectivity index (χ1) is 7.13. The molecule has 0 aliphatic heterocycles. The standard InChI is InChI=1S/C11H13BrFNO/c1-2-14-11(15)6-4-8-3-5-9(12)7-10(8)13/h3,5,7H,2,4,6H2,1H3,(H,14,15). The van der Waals surface area contributed by atoms with Crippen molar-refractivity contribution in [3.8, 4) is 0 Å². The van der Waals surface area contributed by atoms with E-state index in [-0.39, 0.29) is 11.7 Å². The maximum Gasteiger partial charge on any atom is 0.220 e. The van der Waals surface area contributed by atoms with Crippen molar-refractivity contribution in [3.05, 3.63) is 34.1 Å². The fourth-order valence-corrected chi connectivity index (χ4v) is 1.59. The number of carbonyl (C=O) groups excluding carboxylic acids is 1. The molecular weight excluding hydrogens is 261 g/mol. The van der Waals surface area contributed by atoms with E-state index in [2.05, 4.69) is 21.2 Å². The Hall–Kier alpha value is -0.900.